The van der Waals surface area contributed by atoms with E-state index in [1.54, 1.807) is 4.68 Å². The first kappa shape index (κ1) is 20.9. The molecule has 0 N–H and O–H groups in total. The molecule has 2 amide bonds. The van der Waals surface area contributed by atoms with Gasteiger partial charge >= 0.3 is 0 Å². The minimum absolute atomic E-state index is 0.0189. The van der Waals surface area contributed by atoms with Crippen LogP contribution in [-0.2, 0) is 22.5 Å². The summed E-state index contributed by atoms with van der Waals surface area (Å²) >= 11 is 0. The standard InChI is InChI=1S/C23H29N5O4/c29-21-7-4-19-16-28(25-24-19)10-1-14-31-20-5-2-18(3-6-20)22(30)27-13-15-32-23(17-27)8-11-26(21)12-9-23/h2-3,5-6,16H,1,4,7-15,17H2. The minimum atomic E-state index is -0.366. The van der Waals surface area contributed by atoms with Crippen LogP contribution in [0.2, 0.25) is 0 Å². The molecule has 32 heavy (non-hydrogen) atoms. The lowest BCUT2D eigenvalue weighted by atomic mass is 9.89. The van der Waals surface area contributed by atoms with Gasteiger partial charge in [0.2, 0.25) is 5.91 Å². The van der Waals surface area contributed by atoms with Crippen molar-refractivity contribution in [1.82, 2.24) is 24.8 Å². The van der Waals surface area contributed by atoms with Crippen LogP contribution >= 0.6 is 0 Å². The third kappa shape index (κ3) is 4.48. The quantitative estimate of drug-likeness (QED) is 0.618. The number of carbonyl (C=O) groups excluding carboxylic acids is 2. The fraction of sp³-hybridized carbons (Fsp3) is 0.565. The Morgan fingerprint density at radius 3 is 2.53 bits per heavy atom. The van der Waals surface area contributed by atoms with Gasteiger partial charge in [0.1, 0.15) is 5.75 Å². The molecule has 0 aliphatic carbocycles. The molecule has 5 aliphatic rings. The molecule has 0 radical (unpaired) electrons. The highest BCUT2D eigenvalue weighted by atomic mass is 16.5. The Kier molecular flexibility index (Phi) is 5.82. The summed E-state index contributed by atoms with van der Waals surface area (Å²) in [5.74, 6) is 0.902. The zero-order valence-electron chi connectivity index (χ0n) is 18.2. The van der Waals surface area contributed by atoms with Gasteiger partial charge in [0.05, 0.1) is 31.1 Å². The molecule has 1 aromatic heterocycles. The molecule has 9 heteroatoms. The van der Waals surface area contributed by atoms with Crippen molar-refractivity contribution >= 4 is 11.8 Å². The first-order chi connectivity index (χ1) is 15.6. The van der Waals surface area contributed by atoms with Gasteiger partial charge in [-0.2, -0.15) is 0 Å². The van der Waals surface area contributed by atoms with Crippen LogP contribution in [0.25, 0.3) is 0 Å². The monoisotopic (exact) mass is 439 g/mol. The van der Waals surface area contributed by atoms with Crippen LogP contribution in [0.5, 0.6) is 5.75 Å². The van der Waals surface area contributed by atoms with E-state index in [2.05, 4.69) is 10.3 Å². The van der Waals surface area contributed by atoms with Crippen molar-refractivity contribution in [3.05, 3.63) is 41.7 Å². The smallest absolute Gasteiger partial charge is 0.254 e. The van der Waals surface area contributed by atoms with E-state index < -0.39 is 0 Å². The third-order valence-corrected chi connectivity index (χ3v) is 6.65. The Morgan fingerprint density at radius 2 is 1.72 bits per heavy atom. The maximum absolute atomic E-state index is 13.1. The Morgan fingerprint density at radius 1 is 0.906 bits per heavy atom. The van der Waals surface area contributed by atoms with Gasteiger partial charge in [-0.1, -0.05) is 5.21 Å². The average molecular weight is 440 g/mol. The minimum Gasteiger partial charge on any atom is -0.494 e. The second-order valence-electron chi connectivity index (χ2n) is 8.84. The predicted octanol–water partition coefficient (Wildman–Crippen LogP) is 1.53. The number of aromatic nitrogens is 3. The van der Waals surface area contributed by atoms with E-state index in [1.807, 2.05) is 40.3 Å². The van der Waals surface area contributed by atoms with Gasteiger partial charge in [0.15, 0.2) is 0 Å². The maximum Gasteiger partial charge on any atom is 0.254 e. The second-order valence-corrected chi connectivity index (χ2v) is 8.84. The van der Waals surface area contributed by atoms with Crippen LogP contribution in [0.4, 0.5) is 0 Å². The number of rotatable bonds is 0. The summed E-state index contributed by atoms with van der Waals surface area (Å²) in [5.41, 5.74) is 1.12. The summed E-state index contributed by atoms with van der Waals surface area (Å²) < 4.78 is 13.8. The summed E-state index contributed by atoms with van der Waals surface area (Å²) in [7, 11) is 0. The van der Waals surface area contributed by atoms with Crippen molar-refractivity contribution in [1.29, 1.82) is 0 Å². The van der Waals surface area contributed by atoms with Gasteiger partial charge in [-0.15, -0.1) is 5.10 Å². The number of ether oxygens (including phenoxy) is 2. The number of carbonyl (C=O) groups is 2. The summed E-state index contributed by atoms with van der Waals surface area (Å²) in [6, 6.07) is 7.35. The molecule has 0 unspecified atom stereocenters. The van der Waals surface area contributed by atoms with Crippen molar-refractivity contribution in [3.8, 4) is 5.75 Å². The van der Waals surface area contributed by atoms with Crippen molar-refractivity contribution in [2.24, 2.45) is 0 Å². The number of hydrogen-bond acceptors (Lipinski definition) is 6. The van der Waals surface area contributed by atoms with E-state index >= 15 is 0 Å². The molecule has 5 aliphatic heterocycles. The van der Waals surface area contributed by atoms with Gasteiger partial charge in [0.25, 0.3) is 5.91 Å². The van der Waals surface area contributed by atoms with E-state index in [1.165, 1.54) is 0 Å². The molecule has 1 aromatic carbocycles. The number of fused-ring (bicyclic) bond motifs is 2. The average Bonchev–Trinajstić information content (AvgIpc) is 3.28. The number of aryl methyl sites for hydroxylation is 2. The molecule has 2 saturated heterocycles. The predicted molar refractivity (Wildman–Crippen MR) is 115 cm³/mol. The Balaban J connectivity index is 1.34. The molecule has 2 fully saturated rings. The lowest BCUT2D eigenvalue weighted by Crippen LogP contribution is -2.58. The molecule has 7 rings (SSSR count). The Bertz CT molecular complexity index is 965. The van der Waals surface area contributed by atoms with E-state index in [4.69, 9.17) is 9.47 Å². The number of nitrogens with zero attached hydrogens (tertiary/aromatic N) is 5. The number of morpholine rings is 1. The van der Waals surface area contributed by atoms with E-state index in [9.17, 15) is 9.59 Å². The van der Waals surface area contributed by atoms with E-state index in [-0.39, 0.29) is 17.4 Å². The second kappa shape index (κ2) is 8.90. The molecule has 9 nitrogen and oxygen atoms in total. The number of hydrogen-bond donors (Lipinski definition) is 0. The Labute approximate surface area is 187 Å². The molecule has 2 aromatic rings. The number of piperidine rings is 1. The van der Waals surface area contributed by atoms with Crippen LogP contribution in [0, 0.1) is 0 Å². The molecule has 0 atom stereocenters. The topological polar surface area (TPSA) is 89.8 Å². The van der Waals surface area contributed by atoms with Crippen LogP contribution < -0.4 is 4.74 Å². The van der Waals surface area contributed by atoms with Crippen LogP contribution in [0.15, 0.2) is 30.5 Å². The first-order valence-corrected chi connectivity index (χ1v) is 11.4. The van der Waals surface area contributed by atoms with Crippen LogP contribution in [0.1, 0.15) is 41.7 Å². The van der Waals surface area contributed by atoms with Crippen molar-refractivity contribution in [3.63, 3.8) is 0 Å². The summed E-state index contributed by atoms with van der Waals surface area (Å²) in [5, 5.41) is 8.37. The molecule has 7 bridgehead atoms. The highest BCUT2D eigenvalue weighted by molar-refractivity contribution is 5.94. The zero-order valence-corrected chi connectivity index (χ0v) is 18.2. The molecule has 1 spiro atoms. The van der Waals surface area contributed by atoms with Crippen molar-refractivity contribution in [2.75, 3.05) is 39.4 Å². The number of benzene rings is 1. The van der Waals surface area contributed by atoms with Gasteiger partial charge < -0.3 is 19.3 Å². The number of amides is 2. The van der Waals surface area contributed by atoms with Crippen LogP contribution in [-0.4, -0.2) is 81.6 Å². The van der Waals surface area contributed by atoms with Crippen molar-refractivity contribution in [2.45, 2.75) is 44.2 Å². The van der Waals surface area contributed by atoms with Gasteiger partial charge in [-0.05, 0) is 37.1 Å². The third-order valence-electron chi connectivity index (χ3n) is 6.65. The molecular formula is C23H29N5O4. The highest BCUT2D eigenvalue weighted by Gasteiger charge is 2.41. The van der Waals surface area contributed by atoms with Gasteiger partial charge in [-0.25, -0.2) is 0 Å². The highest BCUT2D eigenvalue weighted by Crippen LogP contribution is 2.31. The van der Waals surface area contributed by atoms with E-state index in [0.29, 0.717) is 64.3 Å². The fourth-order valence-corrected chi connectivity index (χ4v) is 4.73. The SMILES string of the molecule is O=C1CCc2cn(nn2)CCCOc2ccc(cc2)C(=O)N2CCOC3(CCN1CC3)C2. The van der Waals surface area contributed by atoms with Crippen LogP contribution in [0.3, 0.4) is 0 Å². The van der Waals surface area contributed by atoms with Crippen molar-refractivity contribution < 1.29 is 19.1 Å². The van der Waals surface area contributed by atoms with Gasteiger partial charge in [0, 0.05) is 57.2 Å². The molecule has 6 heterocycles. The molecular weight excluding hydrogens is 410 g/mol. The lowest BCUT2D eigenvalue weighted by Gasteiger charge is -2.47. The zero-order chi connectivity index (χ0) is 22.0. The summed E-state index contributed by atoms with van der Waals surface area (Å²) in [6.07, 6.45) is 5.19. The largest absolute Gasteiger partial charge is 0.494 e. The lowest BCUT2D eigenvalue weighted by molar-refractivity contribution is -0.147. The summed E-state index contributed by atoms with van der Waals surface area (Å²) in [6.45, 7) is 4.22. The maximum atomic E-state index is 13.1. The summed E-state index contributed by atoms with van der Waals surface area (Å²) in [4.78, 5) is 29.7. The fourth-order valence-electron chi connectivity index (χ4n) is 4.73. The first-order valence-electron chi connectivity index (χ1n) is 11.4. The molecule has 0 saturated carbocycles. The molecule has 170 valence electrons. The Hall–Kier alpha value is -2.94. The normalized spacial score (nSPS) is 21.9. The van der Waals surface area contributed by atoms with Gasteiger partial charge in [-0.3, -0.25) is 14.3 Å². The van der Waals surface area contributed by atoms with E-state index in [0.717, 1.165) is 30.7 Å².